The maximum absolute atomic E-state index is 5.32. The number of hydrogen-bond acceptors (Lipinski definition) is 7. The van der Waals surface area contributed by atoms with Gasteiger partial charge in [-0.25, -0.2) is 0 Å². The number of aromatic nitrogens is 5. The third-order valence-electron chi connectivity index (χ3n) is 2.59. The van der Waals surface area contributed by atoms with Crippen LogP contribution in [0.2, 0.25) is 0 Å². The molecule has 0 radical (unpaired) electrons. The summed E-state index contributed by atoms with van der Waals surface area (Å²) in [5.74, 6) is 1.34. The van der Waals surface area contributed by atoms with Crippen LogP contribution in [0.4, 0.5) is 0 Å². The number of tetrazole rings is 1. The van der Waals surface area contributed by atoms with Crippen LogP contribution in [0.25, 0.3) is 5.69 Å². The van der Waals surface area contributed by atoms with Gasteiger partial charge in [-0.15, -0.1) is 5.10 Å². The van der Waals surface area contributed by atoms with E-state index in [0.717, 1.165) is 11.4 Å². The van der Waals surface area contributed by atoms with E-state index >= 15 is 0 Å². The molecular weight excluding hydrogens is 278 g/mol. The lowest BCUT2D eigenvalue weighted by atomic mass is 10.3. The summed E-state index contributed by atoms with van der Waals surface area (Å²) in [6, 6.07) is 9.38. The molecule has 7 nitrogen and oxygen atoms in total. The first kappa shape index (κ1) is 12.7. The van der Waals surface area contributed by atoms with Crippen molar-refractivity contribution in [3.05, 3.63) is 42.3 Å². The number of nitrogens with zero attached hydrogens (tertiary/aromatic N) is 5. The van der Waals surface area contributed by atoms with Crippen LogP contribution in [0.3, 0.4) is 0 Å². The molecule has 0 bridgehead atoms. The monoisotopic (exact) mass is 289 g/mol. The van der Waals surface area contributed by atoms with Gasteiger partial charge in [0.2, 0.25) is 5.16 Å². The quantitative estimate of drug-likeness (QED) is 0.664. The van der Waals surface area contributed by atoms with Gasteiger partial charge in [0.15, 0.2) is 0 Å². The average molecular weight is 289 g/mol. The Bertz CT molecular complexity index is 683. The van der Waals surface area contributed by atoms with E-state index in [1.165, 1.54) is 11.8 Å². The Morgan fingerprint density at radius 1 is 1.30 bits per heavy atom. The van der Waals surface area contributed by atoms with Crippen LogP contribution in [-0.4, -0.2) is 32.5 Å². The summed E-state index contributed by atoms with van der Waals surface area (Å²) in [5.41, 5.74) is 1.63. The SMILES string of the molecule is COc1ccccc1-n1nnnc1SCc1ccon1. The second-order valence-corrected chi connectivity index (χ2v) is 4.77. The minimum atomic E-state index is 0.631. The van der Waals surface area contributed by atoms with E-state index in [4.69, 9.17) is 9.26 Å². The number of rotatable bonds is 5. The van der Waals surface area contributed by atoms with Crippen LogP contribution in [0.5, 0.6) is 5.75 Å². The second kappa shape index (κ2) is 5.74. The van der Waals surface area contributed by atoms with E-state index in [0.29, 0.717) is 16.7 Å². The van der Waals surface area contributed by atoms with E-state index in [2.05, 4.69) is 20.7 Å². The van der Waals surface area contributed by atoms with Gasteiger partial charge < -0.3 is 9.26 Å². The number of methoxy groups -OCH3 is 1. The zero-order valence-corrected chi connectivity index (χ0v) is 11.4. The molecule has 0 amide bonds. The van der Waals surface area contributed by atoms with Gasteiger partial charge >= 0.3 is 0 Å². The Morgan fingerprint density at radius 2 is 2.20 bits per heavy atom. The van der Waals surface area contributed by atoms with Gasteiger partial charge in [0.25, 0.3) is 0 Å². The van der Waals surface area contributed by atoms with Gasteiger partial charge in [0.05, 0.1) is 12.8 Å². The number of thioether (sulfide) groups is 1. The van der Waals surface area contributed by atoms with Crippen molar-refractivity contribution in [2.45, 2.75) is 10.9 Å². The second-order valence-electron chi connectivity index (χ2n) is 3.82. The predicted molar refractivity (Wildman–Crippen MR) is 71.8 cm³/mol. The number of ether oxygens (including phenoxy) is 1. The number of benzene rings is 1. The summed E-state index contributed by atoms with van der Waals surface area (Å²) in [7, 11) is 1.62. The molecule has 0 aliphatic carbocycles. The van der Waals surface area contributed by atoms with Crippen molar-refractivity contribution in [1.82, 2.24) is 25.4 Å². The largest absolute Gasteiger partial charge is 0.494 e. The Hall–Kier alpha value is -2.35. The lowest BCUT2D eigenvalue weighted by Crippen LogP contribution is -2.01. The fraction of sp³-hybridized carbons (Fsp3) is 0.167. The van der Waals surface area contributed by atoms with Crippen LogP contribution < -0.4 is 4.74 Å². The Morgan fingerprint density at radius 3 is 3.00 bits per heavy atom. The van der Waals surface area contributed by atoms with Gasteiger partial charge in [-0.1, -0.05) is 29.1 Å². The maximum atomic E-state index is 5.32. The Kier molecular flexibility index (Phi) is 3.64. The summed E-state index contributed by atoms with van der Waals surface area (Å²) in [4.78, 5) is 0. The molecule has 1 aromatic carbocycles. The van der Waals surface area contributed by atoms with Crippen LogP contribution >= 0.6 is 11.8 Å². The third-order valence-corrected chi connectivity index (χ3v) is 3.55. The molecule has 2 heterocycles. The lowest BCUT2D eigenvalue weighted by molar-refractivity contribution is 0.410. The molecule has 3 rings (SSSR count). The van der Waals surface area contributed by atoms with Gasteiger partial charge in [-0.2, -0.15) is 4.68 Å². The molecule has 0 fully saturated rings. The number of hydrogen-bond donors (Lipinski definition) is 0. The summed E-state index contributed by atoms with van der Waals surface area (Å²) in [5, 5.41) is 16.3. The van der Waals surface area contributed by atoms with E-state index in [-0.39, 0.29) is 0 Å². The highest BCUT2D eigenvalue weighted by Gasteiger charge is 2.13. The molecule has 20 heavy (non-hydrogen) atoms. The van der Waals surface area contributed by atoms with Gasteiger partial charge in [0.1, 0.15) is 17.7 Å². The first-order chi connectivity index (χ1) is 9.88. The third kappa shape index (κ3) is 2.50. The van der Waals surface area contributed by atoms with E-state index in [1.54, 1.807) is 18.1 Å². The molecule has 2 aromatic heterocycles. The van der Waals surface area contributed by atoms with Crippen molar-refractivity contribution in [1.29, 1.82) is 0 Å². The van der Waals surface area contributed by atoms with Crippen molar-refractivity contribution in [3.63, 3.8) is 0 Å². The highest BCUT2D eigenvalue weighted by atomic mass is 32.2. The predicted octanol–water partition coefficient (Wildman–Crippen LogP) is 1.95. The zero-order valence-electron chi connectivity index (χ0n) is 10.6. The fourth-order valence-electron chi connectivity index (χ4n) is 1.68. The molecule has 0 N–H and O–H groups in total. The minimum absolute atomic E-state index is 0.631. The first-order valence-corrected chi connectivity index (χ1v) is 6.81. The van der Waals surface area contributed by atoms with Crippen molar-refractivity contribution in [3.8, 4) is 11.4 Å². The maximum Gasteiger partial charge on any atom is 0.214 e. The minimum Gasteiger partial charge on any atom is -0.494 e. The summed E-state index contributed by atoms with van der Waals surface area (Å²) in [6.45, 7) is 0. The van der Waals surface area contributed by atoms with Gasteiger partial charge in [-0.3, -0.25) is 0 Å². The highest BCUT2D eigenvalue weighted by Crippen LogP contribution is 2.26. The summed E-state index contributed by atoms with van der Waals surface area (Å²) < 4.78 is 11.8. The zero-order chi connectivity index (χ0) is 13.8. The van der Waals surface area contributed by atoms with Crippen LogP contribution in [0, 0.1) is 0 Å². The molecule has 102 valence electrons. The van der Waals surface area contributed by atoms with Crippen LogP contribution in [0.15, 0.2) is 46.3 Å². The Balaban J connectivity index is 1.86. The topological polar surface area (TPSA) is 78.9 Å². The van der Waals surface area contributed by atoms with Crippen LogP contribution in [0.1, 0.15) is 5.69 Å². The standard InChI is InChI=1S/C12H11N5O2S/c1-18-11-5-3-2-4-10(11)17-12(13-15-16-17)20-8-9-6-7-19-14-9/h2-7H,8H2,1H3. The van der Waals surface area contributed by atoms with E-state index in [9.17, 15) is 0 Å². The van der Waals surface area contributed by atoms with E-state index < -0.39 is 0 Å². The van der Waals surface area contributed by atoms with Crippen molar-refractivity contribution in [2.24, 2.45) is 0 Å². The molecule has 0 unspecified atom stereocenters. The van der Waals surface area contributed by atoms with Crippen molar-refractivity contribution < 1.29 is 9.26 Å². The lowest BCUT2D eigenvalue weighted by Gasteiger charge is -2.08. The number of para-hydroxylation sites is 2. The molecule has 0 saturated heterocycles. The first-order valence-electron chi connectivity index (χ1n) is 5.82. The molecule has 0 atom stereocenters. The van der Waals surface area contributed by atoms with Gasteiger partial charge in [-0.05, 0) is 22.6 Å². The molecule has 3 aromatic rings. The summed E-state index contributed by atoms with van der Waals surface area (Å²) in [6.07, 6.45) is 1.54. The Labute approximate surface area is 118 Å². The molecule has 0 aliphatic rings. The highest BCUT2D eigenvalue weighted by molar-refractivity contribution is 7.98. The normalized spacial score (nSPS) is 10.7. The molecule has 0 aliphatic heterocycles. The van der Waals surface area contributed by atoms with E-state index in [1.807, 2.05) is 30.3 Å². The smallest absolute Gasteiger partial charge is 0.214 e. The van der Waals surface area contributed by atoms with Gasteiger partial charge in [0, 0.05) is 11.8 Å². The average Bonchev–Trinajstić information content (AvgIpc) is 3.16. The van der Waals surface area contributed by atoms with Crippen LogP contribution in [-0.2, 0) is 5.75 Å². The fourth-order valence-corrected chi connectivity index (χ4v) is 2.45. The molecular formula is C12H11N5O2S. The van der Waals surface area contributed by atoms with Crippen molar-refractivity contribution >= 4 is 11.8 Å². The molecule has 8 heteroatoms. The summed E-state index contributed by atoms with van der Waals surface area (Å²) >= 11 is 1.47. The molecule has 0 saturated carbocycles. The molecule has 0 spiro atoms. The van der Waals surface area contributed by atoms with Crippen molar-refractivity contribution in [2.75, 3.05) is 7.11 Å².